The minimum absolute atomic E-state index is 0.162. The summed E-state index contributed by atoms with van der Waals surface area (Å²) in [4.78, 5) is 16.4. The summed E-state index contributed by atoms with van der Waals surface area (Å²) < 4.78 is 11.2. The minimum atomic E-state index is -0.576. The Kier molecular flexibility index (Phi) is 7.01. The lowest BCUT2D eigenvalue weighted by Gasteiger charge is -2.17. The molecule has 0 radical (unpaired) electrons. The molecule has 1 N–H and O–H groups in total. The fourth-order valence-electron chi connectivity index (χ4n) is 2.75. The molecular weight excluding hydrogens is 328 g/mol. The average Bonchev–Trinajstić information content (AvgIpc) is 2.60. The Balaban J connectivity index is 1.91. The van der Waals surface area contributed by atoms with E-state index in [1.807, 2.05) is 31.2 Å². The summed E-state index contributed by atoms with van der Waals surface area (Å²) in [5.74, 6) is 1.57. The number of hydrogen-bond acceptors (Lipinski definition) is 4. The van der Waals surface area contributed by atoms with Crippen LogP contribution in [0, 0.1) is 6.92 Å². The predicted octanol–water partition coefficient (Wildman–Crippen LogP) is 4.00. The maximum Gasteiger partial charge on any atom is 0.261 e. The number of carbonyl (C=O) groups excluding carboxylic acids is 1. The van der Waals surface area contributed by atoms with Crippen LogP contribution in [0.15, 0.2) is 36.5 Å². The van der Waals surface area contributed by atoms with Crippen molar-refractivity contribution >= 4 is 5.91 Å². The van der Waals surface area contributed by atoms with E-state index in [1.54, 1.807) is 13.1 Å². The highest BCUT2D eigenvalue weighted by Crippen LogP contribution is 2.24. The molecule has 0 bridgehead atoms. The fraction of sp³-hybridized carbons (Fsp3) is 0.429. The number of rotatable bonds is 8. The second kappa shape index (κ2) is 9.22. The van der Waals surface area contributed by atoms with Crippen molar-refractivity contribution in [2.75, 3.05) is 6.61 Å². The first kappa shape index (κ1) is 19.8. The number of aryl methyl sites for hydroxylation is 1. The molecule has 0 spiro atoms. The van der Waals surface area contributed by atoms with E-state index in [0.29, 0.717) is 30.7 Å². The molecule has 0 saturated carbocycles. The van der Waals surface area contributed by atoms with Crippen molar-refractivity contribution < 1.29 is 14.3 Å². The molecule has 1 aromatic carbocycles. The monoisotopic (exact) mass is 356 g/mol. The molecule has 2 aromatic rings. The SMILES string of the molecule is CCOc1cc(CNC(=O)C(C)Oc2ccc(C(C)C)c(C)c2)ccn1. The zero-order chi connectivity index (χ0) is 19.1. The van der Waals surface area contributed by atoms with Crippen LogP contribution in [0.5, 0.6) is 11.6 Å². The lowest BCUT2D eigenvalue weighted by Crippen LogP contribution is -2.35. The van der Waals surface area contributed by atoms with E-state index in [-0.39, 0.29) is 5.91 Å². The van der Waals surface area contributed by atoms with Gasteiger partial charge >= 0.3 is 0 Å². The van der Waals surface area contributed by atoms with Gasteiger partial charge in [0.1, 0.15) is 5.75 Å². The number of amides is 1. The summed E-state index contributed by atoms with van der Waals surface area (Å²) in [5.41, 5.74) is 3.39. The molecule has 1 unspecified atom stereocenters. The molecule has 5 heteroatoms. The number of benzene rings is 1. The number of nitrogens with zero attached hydrogens (tertiary/aromatic N) is 1. The van der Waals surface area contributed by atoms with Crippen molar-refractivity contribution in [1.29, 1.82) is 0 Å². The number of ether oxygens (including phenoxy) is 2. The standard InChI is InChI=1S/C21H28N2O3/c1-6-25-20-12-17(9-10-22-20)13-23-21(24)16(5)26-18-7-8-19(14(2)3)15(4)11-18/h7-12,14,16H,6,13H2,1-5H3,(H,23,24). The third kappa shape index (κ3) is 5.48. The molecule has 140 valence electrons. The fourth-order valence-corrected chi connectivity index (χ4v) is 2.75. The number of pyridine rings is 1. The van der Waals surface area contributed by atoms with Crippen LogP contribution < -0.4 is 14.8 Å². The van der Waals surface area contributed by atoms with Gasteiger partial charge in [0.2, 0.25) is 5.88 Å². The van der Waals surface area contributed by atoms with E-state index >= 15 is 0 Å². The number of hydrogen-bond donors (Lipinski definition) is 1. The summed E-state index contributed by atoms with van der Waals surface area (Å²) in [6.07, 6.45) is 1.10. The Labute approximate surface area is 155 Å². The molecule has 1 atom stereocenters. The number of carbonyl (C=O) groups is 1. The summed E-state index contributed by atoms with van der Waals surface area (Å²) in [5, 5.41) is 2.89. The van der Waals surface area contributed by atoms with Gasteiger partial charge in [0, 0.05) is 18.8 Å². The highest BCUT2D eigenvalue weighted by Gasteiger charge is 2.15. The van der Waals surface area contributed by atoms with E-state index in [9.17, 15) is 4.79 Å². The van der Waals surface area contributed by atoms with E-state index in [1.165, 1.54) is 11.1 Å². The van der Waals surface area contributed by atoms with Crippen molar-refractivity contribution in [3.8, 4) is 11.6 Å². The van der Waals surface area contributed by atoms with Crippen molar-refractivity contribution in [1.82, 2.24) is 10.3 Å². The first-order valence-electron chi connectivity index (χ1n) is 9.03. The molecule has 0 aliphatic carbocycles. The van der Waals surface area contributed by atoms with Crippen molar-refractivity contribution in [2.24, 2.45) is 0 Å². The molecular formula is C21H28N2O3. The third-order valence-electron chi connectivity index (χ3n) is 4.10. The van der Waals surface area contributed by atoms with Gasteiger partial charge in [0.15, 0.2) is 6.10 Å². The summed E-state index contributed by atoms with van der Waals surface area (Å²) in [6, 6.07) is 9.64. The second-order valence-corrected chi connectivity index (χ2v) is 6.59. The van der Waals surface area contributed by atoms with Crippen molar-refractivity contribution in [3.05, 3.63) is 53.2 Å². The Morgan fingerprint density at radius 3 is 2.62 bits per heavy atom. The number of aromatic nitrogens is 1. The van der Waals surface area contributed by atoms with Gasteiger partial charge in [-0.15, -0.1) is 0 Å². The van der Waals surface area contributed by atoms with Gasteiger partial charge in [0.25, 0.3) is 5.91 Å². The van der Waals surface area contributed by atoms with Crippen LogP contribution in [0.1, 0.15) is 50.3 Å². The van der Waals surface area contributed by atoms with Crippen LogP contribution >= 0.6 is 0 Å². The van der Waals surface area contributed by atoms with Crippen LogP contribution in [0.25, 0.3) is 0 Å². The van der Waals surface area contributed by atoms with E-state index < -0.39 is 6.10 Å². The Bertz CT molecular complexity index is 744. The van der Waals surface area contributed by atoms with Gasteiger partial charge < -0.3 is 14.8 Å². The molecule has 2 rings (SSSR count). The molecule has 0 aliphatic heterocycles. The highest BCUT2D eigenvalue weighted by molar-refractivity contribution is 5.80. The Hall–Kier alpha value is -2.56. The topological polar surface area (TPSA) is 60.5 Å². The average molecular weight is 356 g/mol. The first-order valence-corrected chi connectivity index (χ1v) is 9.03. The summed E-state index contributed by atoms with van der Waals surface area (Å²) in [7, 11) is 0. The molecule has 0 fully saturated rings. The lowest BCUT2D eigenvalue weighted by molar-refractivity contribution is -0.127. The van der Waals surface area contributed by atoms with Gasteiger partial charge in [-0.3, -0.25) is 4.79 Å². The second-order valence-electron chi connectivity index (χ2n) is 6.59. The van der Waals surface area contributed by atoms with E-state index in [2.05, 4.69) is 37.1 Å². The molecule has 5 nitrogen and oxygen atoms in total. The van der Waals surface area contributed by atoms with Gasteiger partial charge in [-0.05, 0) is 61.6 Å². The van der Waals surface area contributed by atoms with E-state index in [0.717, 1.165) is 5.56 Å². The zero-order valence-electron chi connectivity index (χ0n) is 16.2. The van der Waals surface area contributed by atoms with Gasteiger partial charge in [0.05, 0.1) is 6.61 Å². The van der Waals surface area contributed by atoms with Gasteiger partial charge in [-0.2, -0.15) is 0 Å². The molecule has 1 amide bonds. The van der Waals surface area contributed by atoms with Crippen LogP contribution in [0.4, 0.5) is 0 Å². The van der Waals surface area contributed by atoms with E-state index in [4.69, 9.17) is 9.47 Å². The number of nitrogens with one attached hydrogen (secondary N) is 1. The first-order chi connectivity index (χ1) is 12.4. The molecule has 1 heterocycles. The quantitative estimate of drug-likeness (QED) is 0.777. The third-order valence-corrected chi connectivity index (χ3v) is 4.10. The molecule has 0 aliphatic rings. The van der Waals surface area contributed by atoms with Crippen LogP contribution in [-0.4, -0.2) is 23.6 Å². The zero-order valence-corrected chi connectivity index (χ0v) is 16.2. The Morgan fingerprint density at radius 2 is 1.96 bits per heavy atom. The molecule has 0 saturated heterocycles. The smallest absolute Gasteiger partial charge is 0.261 e. The maximum absolute atomic E-state index is 12.3. The maximum atomic E-state index is 12.3. The van der Waals surface area contributed by atoms with Gasteiger partial charge in [-0.25, -0.2) is 4.98 Å². The highest BCUT2D eigenvalue weighted by atomic mass is 16.5. The van der Waals surface area contributed by atoms with Crippen molar-refractivity contribution in [2.45, 2.75) is 53.2 Å². The van der Waals surface area contributed by atoms with Crippen LogP contribution in [-0.2, 0) is 11.3 Å². The Morgan fingerprint density at radius 1 is 1.19 bits per heavy atom. The van der Waals surface area contributed by atoms with Crippen LogP contribution in [0.3, 0.4) is 0 Å². The minimum Gasteiger partial charge on any atom is -0.481 e. The van der Waals surface area contributed by atoms with Crippen molar-refractivity contribution in [3.63, 3.8) is 0 Å². The summed E-state index contributed by atoms with van der Waals surface area (Å²) in [6.45, 7) is 11.0. The molecule has 1 aromatic heterocycles. The normalized spacial score (nSPS) is 11.9. The van der Waals surface area contributed by atoms with Crippen LogP contribution in [0.2, 0.25) is 0 Å². The van der Waals surface area contributed by atoms with Gasteiger partial charge in [-0.1, -0.05) is 19.9 Å². The predicted molar refractivity (Wildman–Crippen MR) is 103 cm³/mol. The largest absolute Gasteiger partial charge is 0.481 e. The lowest BCUT2D eigenvalue weighted by atomic mass is 9.98. The summed E-state index contributed by atoms with van der Waals surface area (Å²) >= 11 is 0. The molecule has 26 heavy (non-hydrogen) atoms.